The summed E-state index contributed by atoms with van der Waals surface area (Å²) >= 11 is 0. The van der Waals surface area contributed by atoms with Crippen LogP contribution >= 0.6 is 0 Å². The van der Waals surface area contributed by atoms with E-state index in [0.29, 0.717) is 17.5 Å². The Hall–Kier alpha value is -8.97. The number of hydrogen-bond donors (Lipinski definition) is 17. The number of nitrogens with two attached hydrogens (primary N) is 3. The third kappa shape index (κ3) is 24.6. The molecule has 1 saturated heterocycles. The van der Waals surface area contributed by atoms with Crippen molar-refractivity contribution in [2.75, 3.05) is 13.1 Å². The van der Waals surface area contributed by atoms with Crippen LogP contribution in [0.2, 0.25) is 0 Å². The molecule has 31 nitrogen and oxygen atoms in total. The van der Waals surface area contributed by atoms with Crippen LogP contribution < -0.4 is 59.7 Å². The van der Waals surface area contributed by atoms with Crippen molar-refractivity contribution >= 4 is 77.0 Å². The Morgan fingerprint density at radius 3 is 1.44 bits per heavy atom. The molecule has 0 bridgehead atoms. The van der Waals surface area contributed by atoms with Crippen LogP contribution in [-0.4, -0.2) is 192 Å². The fraction of sp³-hybridized carbons (Fsp3) is 0.569. The minimum absolute atomic E-state index is 0.0259. The van der Waals surface area contributed by atoms with Crippen molar-refractivity contribution in [2.45, 2.75) is 185 Å². The number of likely N-dealkylation sites (tertiary alicyclic amines) is 1. The molecule has 0 aliphatic carbocycles. The van der Waals surface area contributed by atoms with Crippen LogP contribution in [0.1, 0.15) is 116 Å². The first-order chi connectivity index (χ1) is 41.9. The number of phenols is 2. The smallest absolute Gasteiger partial charge is 0.326 e. The van der Waals surface area contributed by atoms with Crippen LogP contribution in [0.4, 0.5) is 0 Å². The average Bonchev–Trinajstić information content (AvgIpc) is 3.78. The molecule has 0 unspecified atom stereocenters. The van der Waals surface area contributed by atoms with Crippen molar-refractivity contribution in [3.05, 3.63) is 59.7 Å². The summed E-state index contributed by atoms with van der Waals surface area (Å²) in [5.41, 5.74) is 17.8. The van der Waals surface area contributed by atoms with Gasteiger partial charge >= 0.3 is 17.9 Å². The second kappa shape index (κ2) is 36.4. The summed E-state index contributed by atoms with van der Waals surface area (Å²) < 4.78 is 0. The van der Waals surface area contributed by atoms with Crippen LogP contribution in [0.3, 0.4) is 0 Å². The van der Waals surface area contributed by atoms with Gasteiger partial charge in [-0.15, -0.1) is 0 Å². The first-order valence-electron chi connectivity index (χ1n) is 29.2. The number of aliphatic hydroxyl groups excluding tert-OH is 1. The van der Waals surface area contributed by atoms with Gasteiger partial charge in [-0.1, -0.05) is 58.4 Å². The van der Waals surface area contributed by atoms with Crippen molar-refractivity contribution in [1.82, 2.24) is 47.4 Å². The largest absolute Gasteiger partial charge is 0.508 e. The van der Waals surface area contributed by atoms with Crippen molar-refractivity contribution < 1.29 is 93.0 Å². The number of nitrogens with one attached hydrogen (secondary N) is 8. The topological polar surface area (TPSA) is 521 Å². The maximum atomic E-state index is 14.6. The molecule has 1 fully saturated rings. The quantitative estimate of drug-likeness (QED) is 0.0318. The summed E-state index contributed by atoms with van der Waals surface area (Å²) in [4.78, 5) is 175. The molecule has 0 radical (unpaired) electrons. The predicted octanol–water partition coefficient (Wildman–Crippen LogP) is -3.02. The third-order valence-electron chi connectivity index (χ3n) is 14.9. The van der Waals surface area contributed by atoms with Crippen molar-refractivity contribution in [2.24, 2.45) is 29.0 Å². The van der Waals surface area contributed by atoms with E-state index in [4.69, 9.17) is 22.3 Å². The van der Waals surface area contributed by atoms with Crippen LogP contribution in [0.15, 0.2) is 48.5 Å². The molecule has 10 amide bonds. The molecule has 492 valence electrons. The molecule has 2 aromatic carbocycles. The van der Waals surface area contributed by atoms with Gasteiger partial charge in [-0.05, 0) is 106 Å². The zero-order chi connectivity index (χ0) is 66.8. The Balaban J connectivity index is 1.90. The number of carbonyl (C=O) groups is 13. The standard InChI is InChI=1S/C58H86N12O19/c1-6-30(4)47(58(88)89)68-53(83)40(27-32-11-15-34(72)16-12-32)66-51(81)38(20-22-43(61)74)63-55(85)42-10-8-26-70(42)57(87)46(29(2)3)67-52(82)39(21-24-45(77)78)64-56(86)48(31(5)71)69-54(84)41(28-33-13-17-35(73)18-14-33)65-50(80)37(9-7-25-59)62-49(79)36(60)19-23-44(75)76/h11-18,29-31,36-42,46-48,71-73H,6-10,19-28,59-60H2,1-5H3,(H2,61,74)(H,62,79)(H,63,85)(H,64,86)(H,65,80)(H,66,81)(H,67,82)(H,68,83)(H,69,84)(H,75,76)(H,77,78)(H,88,89)/t30-,31+,36-,37+,38-,39-,40+,41-,42-,46+,47-,48+/m0/s1. The first kappa shape index (κ1) is 74.3. The number of benzene rings is 2. The highest BCUT2D eigenvalue weighted by Gasteiger charge is 2.42. The van der Waals surface area contributed by atoms with Crippen molar-refractivity contribution in [1.29, 1.82) is 0 Å². The molecule has 89 heavy (non-hydrogen) atoms. The van der Waals surface area contributed by atoms with E-state index < -0.39 is 187 Å². The maximum Gasteiger partial charge on any atom is 0.326 e. The highest BCUT2D eigenvalue weighted by molar-refractivity contribution is 5.99. The van der Waals surface area contributed by atoms with E-state index in [1.807, 2.05) is 0 Å². The number of aromatic hydroxyl groups is 2. The number of aliphatic carboxylic acids is 3. The molecule has 0 aromatic heterocycles. The van der Waals surface area contributed by atoms with Gasteiger partial charge in [-0.2, -0.15) is 0 Å². The Labute approximate surface area is 513 Å². The molecular formula is C58H86N12O19. The van der Waals surface area contributed by atoms with Gasteiger partial charge in [-0.3, -0.25) is 57.5 Å². The van der Waals surface area contributed by atoms with Crippen LogP contribution in [0.5, 0.6) is 11.5 Å². The molecule has 31 heteroatoms. The lowest BCUT2D eigenvalue weighted by Crippen LogP contribution is -2.62. The number of nitrogens with zero attached hydrogens (tertiary/aromatic N) is 1. The highest BCUT2D eigenvalue weighted by Crippen LogP contribution is 2.22. The van der Waals surface area contributed by atoms with Gasteiger partial charge < -0.3 is 95.3 Å². The zero-order valence-electron chi connectivity index (χ0n) is 50.4. The number of phenolic OH excluding ortho intramolecular Hbond substituents is 2. The number of carboxylic acids is 3. The minimum atomic E-state index is -1.93. The van der Waals surface area contributed by atoms with Crippen LogP contribution in [0, 0.1) is 11.8 Å². The fourth-order valence-electron chi connectivity index (χ4n) is 9.44. The van der Waals surface area contributed by atoms with Gasteiger partial charge in [0.05, 0.1) is 12.1 Å². The molecule has 2 aromatic rings. The predicted molar refractivity (Wildman–Crippen MR) is 316 cm³/mol. The van der Waals surface area contributed by atoms with Crippen LogP contribution in [-0.2, 0) is 75.2 Å². The zero-order valence-corrected chi connectivity index (χ0v) is 50.4. The summed E-state index contributed by atoms with van der Waals surface area (Å²) in [7, 11) is 0. The molecule has 20 N–H and O–H groups in total. The molecular weight excluding hydrogens is 1170 g/mol. The number of amides is 10. The van der Waals surface area contributed by atoms with Gasteiger partial charge in [0, 0.05) is 38.6 Å². The lowest BCUT2D eigenvalue weighted by Gasteiger charge is -2.32. The number of carboxylic acid groups (broad SMARTS) is 3. The van der Waals surface area contributed by atoms with E-state index in [1.165, 1.54) is 62.4 Å². The molecule has 1 heterocycles. The molecule has 12 atom stereocenters. The molecule has 3 rings (SSSR count). The van der Waals surface area contributed by atoms with E-state index in [1.54, 1.807) is 13.8 Å². The Morgan fingerprint density at radius 1 is 0.551 bits per heavy atom. The molecule has 0 saturated carbocycles. The maximum absolute atomic E-state index is 14.6. The average molecular weight is 1260 g/mol. The Bertz CT molecular complexity index is 2800. The van der Waals surface area contributed by atoms with E-state index in [2.05, 4.69) is 42.5 Å². The molecule has 1 aliphatic rings. The van der Waals surface area contributed by atoms with Crippen molar-refractivity contribution in [3.63, 3.8) is 0 Å². The van der Waals surface area contributed by atoms with Gasteiger partial charge in [0.15, 0.2) is 0 Å². The van der Waals surface area contributed by atoms with Gasteiger partial charge in [-0.25, -0.2) is 4.79 Å². The van der Waals surface area contributed by atoms with E-state index in [0.717, 1.165) is 11.8 Å². The van der Waals surface area contributed by atoms with Gasteiger partial charge in [0.2, 0.25) is 59.1 Å². The van der Waals surface area contributed by atoms with E-state index >= 15 is 0 Å². The third-order valence-corrected chi connectivity index (χ3v) is 14.9. The number of rotatable bonds is 38. The number of carbonyl (C=O) groups excluding carboxylic acids is 10. The number of aliphatic hydroxyl groups is 1. The lowest BCUT2D eigenvalue weighted by molar-refractivity contribution is -0.144. The van der Waals surface area contributed by atoms with Gasteiger partial charge in [0.1, 0.15) is 65.9 Å². The second-order valence-corrected chi connectivity index (χ2v) is 22.3. The Kier molecular flexibility index (Phi) is 30.4. The molecule has 0 spiro atoms. The minimum Gasteiger partial charge on any atom is -0.508 e. The second-order valence-electron chi connectivity index (χ2n) is 22.3. The van der Waals surface area contributed by atoms with E-state index in [-0.39, 0.29) is 69.5 Å². The summed E-state index contributed by atoms with van der Waals surface area (Å²) in [6, 6.07) is -4.21. The summed E-state index contributed by atoms with van der Waals surface area (Å²) in [6.07, 6.45) is -4.49. The summed E-state index contributed by atoms with van der Waals surface area (Å²) in [5, 5.41) is 79.1. The van der Waals surface area contributed by atoms with E-state index in [9.17, 15) is 87.9 Å². The highest BCUT2D eigenvalue weighted by atomic mass is 16.4. The first-order valence-corrected chi connectivity index (χ1v) is 29.2. The normalized spacial score (nSPS) is 16.6. The van der Waals surface area contributed by atoms with Crippen LogP contribution in [0.25, 0.3) is 0 Å². The number of primary amides is 1. The SMILES string of the molecule is CC[C@H](C)[C@H](NC(=O)[C@@H](Cc1ccc(O)cc1)NC(=O)[C@H](CCC(N)=O)NC(=O)[C@@H]1CCCN1C(=O)[C@H](NC(=O)[C@H](CCC(=O)O)NC(=O)[C@H](NC(=O)[C@H](Cc1ccc(O)cc1)NC(=O)[C@@H](CCCN)NC(=O)[C@@H](N)CCC(=O)O)[C@@H](C)O)C(C)C)C(=O)O. The molecule has 1 aliphatic heterocycles. The van der Waals surface area contributed by atoms with Crippen molar-refractivity contribution in [3.8, 4) is 11.5 Å². The fourth-order valence-corrected chi connectivity index (χ4v) is 9.44. The Morgan fingerprint density at radius 2 is 0.978 bits per heavy atom. The van der Waals surface area contributed by atoms with Gasteiger partial charge in [0.25, 0.3) is 0 Å². The number of hydrogen-bond acceptors (Lipinski definition) is 18. The monoisotopic (exact) mass is 1250 g/mol. The lowest BCUT2D eigenvalue weighted by atomic mass is 9.98. The summed E-state index contributed by atoms with van der Waals surface area (Å²) in [5.74, 6) is -15.3. The summed E-state index contributed by atoms with van der Waals surface area (Å²) in [6.45, 7) is 7.50.